The van der Waals surface area contributed by atoms with Gasteiger partial charge in [0.15, 0.2) is 5.71 Å². The average Bonchev–Trinajstić information content (AvgIpc) is 3.30. The standard InChI is InChI=1S/C34H40N2O11S3/c1-34(19-10-5-8-16-32(37)44-2)31(15-9-11-20-35-25-13-6-4-7-14-25)36(21-12-22-49(38,39)40)29-18-17-27-28(33(29)34)23-26(50(41,42)43)24-30(27)48-47-46-45-3/h4,6-7,9,11,13-15,17-18,20,23-24H,5,8,10,12,16,19,21-22H2,1-3H3,(H2,38,39,40,41,42,43)/p-1. The van der Waals surface area contributed by atoms with Crippen molar-refractivity contribution >= 4 is 66.1 Å². The van der Waals surface area contributed by atoms with Crippen molar-refractivity contribution in [3.05, 3.63) is 84.6 Å². The molecule has 0 aliphatic carbocycles. The average molecular weight is 748 g/mol. The normalized spacial score (nSPS) is 16.5. The van der Waals surface area contributed by atoms with Crippen molar-refractivity contribution in [2.24, 2.45) is 0 Å². The van der Waals surface area contributed by atoms with Gasteiger partial charge < -0.3 is 19.2 Å². The summed E-state index contributed by atoms with van der Waals surface area (Å²) in [6.07, 6.45) is 10.0. The summed E-state index contributed by atoms with van der Waals surface area (Å²) in [4.78, 5) is 16.0. The van der Waals surface area contributed by atoms with E-state index in [9.17, 15) is 30.7 Å². The highest BCUT2D eigenvalue weighted by Crippen LogP contribution is 2.49. The summed E-state index contributed by atoms with van der Waals surface area (Å²) in [7, 11) is -6.86. The second-order valence-electron chi connectivity index (χ2n) is 11.7. The number of nitrogens with one attached hydrogen (secondary N) is 1. The van der Waals surface area contributed by atoms with Crippen molar-refractivity contribution in [2.45, 2.75) is 60.7 Å². The Balaban J connectivity index is 1.87. The molecule has 13 nitrogen and oxygen atoms in total. The Morgan fingerprint density at radius 1 is 0.960 bits per heavy atom. The second-order valence-corrected chi connectivity index (χ2v) is 15.3. The maximum Gasteiger partial charge on any atom is 0.305 e. The Labute approximate surface area is 296 Å². The van der Waals surface area contributed by atoms with Gasteiger partial charge in [0, 0.05) is 53.1 Å². The van der Waals surface area contributed by atoms with E-state index in [1.165, 1.54) is 26.4 Å². The van der Waals surface area contributed by atoms with Crippen LogP contribution in [0.3, 0.4) is 0 Å². The van der Waals surface area contributed by atoms with E-state index in [0.29, 0.717) is 59.7 Å². The minimum absolute atomic E-state index is 0.0273. The molecule has 0 fully saturated rings. The molecule has 1 heterocycles. The summed E-state index contributed by atoms with van der Waals surface area (Å²) < 4.78 is 83.6. The third-order valence-corrected chi connectivity index (χ3v) is 10.5. The molecule has 0 aromatic heterocycles. The van der Waals surface area contributed by atoms with Crippen molar-refractivity contribution in [1.29, 1.82) is 0 Å². The Hall–Kier alpha value is -3.61. The first-order valence-electron chi connectivity index (χ1n) is 15.7. The molecule has 4 rings (SSSR count). The summed E-state index contributed by atoms with van der Waals surface area (Å²) >= 11 is 0.669. The number of para-hydroxylation sites is 1. The topological polar surface area (TPSA) is 183 Å². The van der Waals surface area contributed by atoms with Gasteiger partial charge in [-0.1, -0.05) is 42.2 Å². The molecule has 0 saturated carbocycles. The van der Waals surface area contributed by atoms with Crippen molar-refractivity contribution < 1.29 is 54.3 Å². The number of unbranched alkanes of at least 4 members (excludes halogenated alkanes) is 2. The van der Waals surface area contributed by atoms with Crippen LogP contribution in [0, 0.1) is 0 Å². The van der Waals surface area contributed by atoms with Crippen LogP contribution in [0.4, 0.5) is 11.4 Å². The van der Waals surface area contributed by atoms with Gasteiger partial charge in [0.2, 0.25) is 5.69 Å². The Morgan fingerprint density at radius 2 is 1.72 bits per heavy atom. The predicted molar refractivity (Wildman–Crippen MR) is 187 cm³/mol. The number of allylic oxidation sites excluding steroid dienone is 3. The van der Waals surface area contributed by atoms with Gasteiger partial charge in [-0.25, -0.2) is 21.7 Å². The maximum atomic E-state index is 12.4. The molecular formula is C34H39N2O11S3-. The molecule has 0 spiro atoms. The molecule has 270 valence electrons. The van der Waals surface area contributed by atoms with Gasteiger partial charge in [0.25, 0.3) is 0 Å². The van der Waals surface area contributed by atoms with Crippen LogP contribution < -0.4 is 5.32 Å². The number of hydrogen-bond acceptors (Lipinski definition) is 13. The molecule has 0 saturated heterocycles. The summed E-state index contributed by atoms with van der Waals surface area (Å²) in [5.74, 6) is -0.889. The lowest BCUT2D eigenvalue weighted by atomic mass is 9.73. The van der Waals surface area contributed by atoms with E-state index in [4.69, 9.17) is 9.07 Å². The Bertz CT molecular complexity index is 1980. The number of benzene rings is 3. The van der Waals surface area contributed by atoms with Gasteiger partial charge in [-0.3, -0.25) is 4.79 Å². The Morgan fingerprint density at radius 3 is 2.40 bits per heavy atom. The van der Waals surface area contributed by atoms with Crippen LogP contribution in [0.5, 0.6) is 0 Å². The molecule has 3 aromatic rings. The van der Waals surface area contributed by atoms with Crippen LogP contribution in [0.1, 0.15) is 51.0 Å². The number of fused-ring (bicyclic) bond motifs is 3. The first-order chi connectivity index (χ1) is 23.8. The van der Waals surface area contributed by atoms with Gasteiger partial charge in [0.05, 0.1) is 46.7 Å². The van der Waals surface area contributed by atoms with E-state index in [-0.39, 0.29) is 30.3 Å². The minimum atomic E-state index is -4.92. The number of nitrogens with zero attached hydrogens (tertiary/aromatic N) is 1. The van der Waals surface area contributed by atoms with E-state index in [2.05, 4.69) is 15.2 Å². The molecule has 3 aromatic carbocycles. The SMILES string of the molecule is COOOSc1cc(S(=O)(=O)[O-])cc2c3c(ccc12)[N+](CCCS(=O)(=O)[O-])=C(/C=C/C=C/Nc1ccccc1)C3(C)CCCCCC(=O)OC. The summed E-state index contributed by atoms with van der Waals surface area (Å²) in [6, 6.07) is 15.7. The fourth-order valence-corrected chi connectivity index (χ4v) is 7.77. The lowest BCUT2D eigenvalue weighted by Crippen LogP contribution is -2.32. The Kier molecular flexibility index (Phi) is 13.8. The summed E-state index contributed by atoms with van der Waals surface area (Å²) in [6.45, 7) is 2.16. The number of carbonyl (C=O) groups excluding carboxylic acids is 1. The van der Waals surface area contributed by atoms with Gasteiger partial charge >= 0.3 is 5.97 Å². The zero-order valence-electron chi connectivity index (χ0n) is 27.8. The minimum Gasteiger partial charge on any atom is -0.748 e. The van der Waals surface area contributed by atoms with E-state index in [0.717, 1.165) is 11.4 Å². The van der Waals surface area contributed by atoms with Gasteiger partial charge in [-0.2, -0.15) is 4.58 Å². The van der Waals surface area contributed by atoms with Crippen molar-refractivity contribution in [1.82, 2.24) is 0 Å². The third-order valence-electron chi connectivity index (χ3n) is 8.30. The number of anilines is 1. The highest BCUT2D eigenvalue weighted by atomic mass is 32.2. The van der Waals surface area contributed by atoms with E-state index in [1.807, 2.05) is 66.1 Å². The number of hydrogen-bond donors (Lipinski definition) is 1. The zero-order valence-corrected chi connectivity index (χ0v) is 30.3. The van der Waals surface area contributed by atoms with Crippen LogP contribution in [-0.4, -0.2) is 68.7 Å². The molecule has 16 heteroatoms. The van der Waals surface area contributed by atoms with Crippen LogP contribution in [-0.2, 0) is 49.4 Å². The van der Waals surface area contributed by atoms with Crippen LogP contribution in [0.15, 0.2) is 88.8 Å². The zero-order chi connectivity index (χ0) is 36.4. The van der Waals surface area contributed by atoms with E-state index < -0.39 is 36.3 Å². The van der Waals surface area contributed by atoms with Crippen LogP contribution in [0.2, 0.25) is 0 Å². The fourth-order valence-electron chi connectivity index (χ4n) is 6.09. The molecule has 0 bridgehead atoms. The van der Waals surface area contributed by atoms with Gasteiger partial charge in [0.1, 0.15) is 16.7 Å². The first kappa shape index (κ1) is 39.2. The van der Waals surface area contributed by atoms with Gasteiger partial charge in [-0.05, 0) is 66.9 Å². The lowest BCUT2D eigenvalue weighted by molar-refractivity contribution is -0.447. The molecule has 1 atom stereocenters. The highest BCUT2D eigenvalue weighted by molar-refractivity contribution is 7.94. The molecule has 0 amide bonds. The number of ether oxygens (including phenoxy) is 1. The maximum absolute atomic E-state index is 12.4. The molecule has 0 radical (unpaired) electrons. The van der Waals surface area contributed by atoms with Crippen molar-refractivity contribution in [3.8, 4) is 0 Å². The first-order valence-corrected chi connectivity index (χ1v) is 19.4. The van der Waals surface area contributed by atoms with Crippen LogP contribution in [0.25, 0.3) is 10.8 Å². The quantitative estimate of drug-likeness (QED) is 0.0225. The number of esters is 1. The lowest BCUT2D eigenvalue weighted by Gasteiger charge is -2.24. The molecule has 1 unspecified atom stereocenters. The molecule has 1 N–H and O–H groups in total. The predicted octanol–water partition coefficient (Wildman–Crippen LogP) is 5.86. The third kappa shape index (κ3) is 10.2. The van der Waals surface area contributed by atoms with E-state index in [1.54, 1.807) is 12.3 Å². The smallest absolute Gasteiger partial charge is 0.305 e. The number of carbonyl (C=O) groups is 1. The summed E-state index contributed by atoms with van der Waals surface area (Å²) in [5.41, 5.74) is 2.21. The molecule has 1 aliphatic rings. The van der Waals surface area contributed by atoms with Crippen LogP contribution >= 0.6 is 12.0 Å². The fraction of sp³-hybridized carbons (Fsp3) is 0.353. The second kappa shape index (κ2) is 17.5. The van der Waals surface area contributed by atoms with Crippen molar-refractivity contribution in [3.63, 3.8) is 0 Å². The van der Waals surface area contributed by atoms with E-state index >= 15 is 0 Å². The largest absolute Gasteiger partial charge is 0.748 e. The monoisotopic (exact) mass is 747 g/mol. The number of rotatable bonds is 19. The molecular weight excluding hydrogens is 709 g/mol. The molecule has 1 aliphatic heterocycles. The van der Waals surface area contributed by atoms with Gasteiger partial charge in [-0.15, -0.1) is 4.33 Å². The van der Waals surface area contributed by atoms with Crippen molar-refractivity contribution in [2.75, 3.05) is 31.8 Å². The molecule has 50 heavy (non-hydrogen) atoms. The number of methoxy groups -OCH3 is 1. The highest BCUT2D eigenvalue weighted by Gasteiger charge is 2.48. The summed E-state index contributed by atoms with van der Waals surface area (Å²) in [5, 5.41) is 8.76.